The molecule has 0 aromatic carbocycles. The first-order valence-electron chi connectivity index (χ1n) is 3.47. The summed E-state index contributed by atoms with van der Waals surface area (Å²) in [4.78, 5) is 3.34. The Labute approximate surface area is 73.8 Å². The highest BCUT2D eigenvalue weighted by Crippen LogP contribution is 2.29. The molecule has 0 aromatic heterocycles. The fraction of sp³-hybridized carbons (Fsp3) is 0.571. The van der Waals surface area contributed by atoms with E-state index in [1.807, 2.05) is 0 Å². The molecule has 0 heterocycles. The minimum Gasteiger partial charge on any atom is -0.405 e. The van der Waals surface area contributed by atoms with Crippen molar-refractivity contribution in [1.29, 1.82) is 0 Å². The molecule has 6 heteroatoms. The molecule has 0 radical (unpaired) electrons. The molecule has 0 saturated carbocycles. The van der Waals surface area contributed by atoms with Gasteiger partial charge in [0, 0.05) is 6.21 Å². The van der Waals surface area contributed by atoms with Gasteiger partial charge in [0.05, 0.1) is 6.54 Å². The first kappa shape index (κ1) is 12.0. The van der Waals surface area contributed by atoms with Crippen molar-refractivity contribution in [3.8, 4) is 0 Å². The molecule has 0 aliphatic heterocycles. The van der Waals surface area contributed by atoms with Gasteiger partial charge in [-0.1, -0.05) is 0 Å². The monoisotopic (exact) mass is 196 g/mol. The minimum atomic E-state index is -4.67. The smallest absolute Gasteiger partial charge is 0.405 e. The van der Waals surface area contributed by atoms with Crippen molar-refractivity contribution in [2.75, 3.05) is 6.54 Å². The van der Waals surface area contributed by atoms with Gasteiger partial charge < -0.3 is 10.8 Å². The summed E-state index contributed by atoms with van der Waals surface area (Å²) < 4.78 is 35.9. The number of aliphatic hydroxyl groups is 1. The van der Waals surface area contributed by atoms with Gasteiger partial charge in [0.1, 0.15) is 0 Å². The molecule has 0 saturated heterocycles. The second-order valence-corrected chi connectivity index (χ2v) is 2.65. The lowest BCUT2D eigenvalue weighted by Crippen LogP contribution is -2.44. The van der Waals surface area contributed by atoms with Crippen molar-refractivity contribution in [2.45, 2.75) is 18.7 Å². The van der Waals surface area contributed by atoms with Crippen molar-refractivity contribution in [3.63, 3.8) is 0 Å². The van der Waals surface area contributed by atoms with Crippen LogP contribution in [0.1, 0.15) is 6.92 Å². The summed E-state index contributed by atoms with van der Waals surface area (Å²) in [5, 5.41) is 8.86. The van der Waals surface area contributed by atoms with Crippen LogP contribution in [0.25, 0.3) is 0 Å². The zero-order chi connectivity index (χ0) is 10.5. The second-order valence-electron chi connectivity index (χ2n) is 2.65. The zero-order valence-electron chi connectivity index (χ0n) is 7.04. The van der Waals surface area contributed by atoms with Crippen LogP contribution in [0.2, 0.25) is 0 Å². The SMILES string of the molecule is CC(O)(CN=CC=CN)C(F)(F)F. The van der Waals surface area contributed by atoms with Crippen molar-refractivity contribution in [3.05, 3.63) is 12.3 Å². The number of nitrogens with two attached hydrogens (primary N) is 1. The molecule has 76 valence electrons. The van der Waals surface area contributed by atoms with E-state index in [0.29, 0.717) is 6.92 Å². The van der Waals surface area contributed by atoms with Crippen LogP contribution in [-0.4, -0.2) is 29.6 Å². The van der Waals surface area contributed by atoms with E-state index in [0.717, 1.165) is 12.4 Å². The van der Waals surface area contributed by atoms with Gasteiger partial charge >= 0.3 is 6.18 Å². The minimum absolute atomic E-state index is 0.663. The van der Waals surface area contributed by atoms with Crippen LogP contribution >= 0.6 is 0 Å². The third kappa shape index (κ3) is 3.93. The van der Waals surface area contributed by atoms with E-state index in [2.05, 4.69) is 4.99 Å². The first-order chi connectivity index (χ1) is 5.81. The van der Waals surface area contributed by atoms with Crippen molar-refractivity contribution in [1.82, 2.24) is 0 Å². The van der Waals surface area contributed by atoms with Crippen LogP contribution in [0.3, 0.4) is 0 Å². The lowest BCUT2D eigenvalue weighted by Gasteiger charge is -2.23. The standard InChI is InChI=1S/C7H11F3N2O/c1-6(13,7(8,9)10)5-12-4-2-3-11/h2-4,13H,5,11H2,1H3. The Morgan fingerprint density at radius 3 is 2.38 bits per heavy atom. The van der Waals surface area contributed by atoms with Gasteiger partial charge in [0.15, 0.2) is 5.60 Å². The summed E-state index contributed by atoms with van der Waals surface area (Å²) >= 11 is 0. The second kappa shape index (κ2) is 4.27. The first-order valence-corrected chi connectivity index (χ1v) is 3.47. The molecule has 3 N–H and O–H groups in total. The average molecular weight is 196 g/mol. The molecule has 0 aliphatic rings. The third-order valence-corrected chi connectivity index (χ3v) is 1.31. The Bertz CT molecular complexity index is 208. The maximum atomic E-state index is 12.0. The van der Waals surface area contributed by atoms with E-state index in [9.17, 15) is 13.2 Å². The number of alkyl halides is 3. The Morgan fingerprint density at radius 2 is 2.00 bits per heavy atom. The molecule has 0 rings (SSSR count). The topological polar surface area (TPSA) is 58.6 Å². The van der Waals surface area contributed by atoms with E-state index < -0.39 is 18.3 Å². The Kier molecular flexibility index (Phi) is 3.93. The summed E-state index contributed by atoms with van der Waals surface area (Å²) in [6.07, 6.45) is -1.17. The highest BCUT2D eigenvalue weighted by molar-refractivity contribution is 5.70. The van der Waals surface area contributed by atoms with Gasteiger partial charge in [-0.15, -0.1) is 0 Å². The van der Waals surface area contributed by atoms with E-state index in [-0.39, 0.29) is 0 Å². The predicted molar refractivity (Wildman–Crippen MR) is 43.4 cm³/mol. The number of rotatable bonds is 3. The van der Waals surface area contributed by atoms with Crippen LogP contribution < -0.4 is 5.73 Å². The van der Waals surface area contributed by atoms with E-state index >= 15 is 0 Å². The zero-order valence-corrected chi connectivity index (χ0v) is 7.04. The van der Waals surface area contributed by atoms with E-state index in [1.165, 1.54) is 6.08 Å². The number of allylic oxidation sites excluding steroid dienone is 1. The van der Waals surface area contributed by atoms with Crippen molar-refractivity contribution in [2.24, 2.45) is 10.7 Å². The normalized spacial score (nSPS) is 18.2. The fourth-order valence-electron chi connectivity index (χ4n) is 0.431. The Morgan fingerprint density at radius 1 is 1.46 bits per heavy atom. The molecular weight excluding hydrogens is 185 g/mol. The molecule has 0 spiro atoms. The van der Waals surface area contributed by atoms with Gasteiger partial charge in [0.25, 0.3) is 0 Å². The van der Waals surface area contributed by atoms with Crippen LogP contribution in [0.4, 0.5) is 13.2 Å². The molecule has 3 nitrogen and oxygen atoms in total. The van der Waals surface area contributed by atoms with Crippen molar-refractivity contribution < 1.29 is 18.3 Å². The number of hydrogen-bond donors (Lipinski definition) is 2. The molecule has 0 aliphatic carbocycles. The molecule has 0 bridgehead atoms. The summed E-state index contributed by atoms with van der Waals surface area (Å²) in [5.74, 6) is 0. The number of nitrogens with zero attached hydrogens (tertiary/aromatic N) is 1. The van der Waals surface area contributed by atoms with E-state index in [1.54, 1.807) is 0 Å². The molecule has 0 aromatic rings. The van der Waals surface area contributed by atoms with Crippen molar-refractivity contribution >= 4 is 6.21 Å². The fourth-order valence-corrected chi connectivity index (χ4v) is 0.431. The highest BCUT2D eigenvalue weighted by Gasteiger charge is 2.49. The quantitative estimate of drug-likeness (QED) is 0.657. The van der Waals surface area contributed by atoms with Crippen LogP contribution in [0.15, 0.2) is 17.3 Å². The lowest BCUT2D eigenvalue weighted by molar-refractivity contribution is -0.248. The van der Waals surface area contributed by atoms with Gasteiger partial charge in [-0.3, -0.25) is 4.99 Å². The maximum Gasteiger partial charge on any atom is 0.418 e. The summed E-state index contributed by atoms with van der Waals surface area (Å²) in [5.41, 5.74) is 2.12. The number of aliphatic imine (C=N–C) groups is 1. The summed E-state index contributed by atoms with van der Waals surface area (Å²) in [7, 11) is 0. The average Bonchev–Trinajstić information content (AvgIpc) is 1.96. The number of halogens is 3. The largest absolute Gasteiger partial charge is 0.418 e. The molecule has 13 heavy (non-hydrogen) atoms. The van der Waals surface area contributed by atoms with Gasteiger partial charge in [0.2, 0.25) is 0 Å². The number of hydrogen-bond acceptors (Lipinski definition) is 3. The third-order valence-electron chi connectivity index (χ3n) is 1.31. The van der Waals surface area contributed by atoms with Gasteiger partial charge in [-0.05, 0) is 19.2 Å². The highest BCUT2D eigenvalue weighted by atomic mass is 19.4. The summed E-state index contributed by atoms with van der Waals surface area (Å²) in [6, 6.07) is 0. The Balaban J connectivity index is 4.19. The molecule has 0 amide bonds. The van der Waals surface area contributed by atoms with E-state index in [4.69, 9.17) is 10.8 Å². The van der Waals surface area contributed by atoms with Crippen LogP contribution in [-0.2, 0) is 0 Å². The molecule has 1 atom stereocenters. The van der Waals surface area contributed by atoms with Gasteiger partial charge in [-0.25, -0.2) is 0 Å². The van der Waals surface area contributed by atoms with Crippen LogP contribution in [0, 0.1) is 0 Å². The maximum absolute atomic E-state index is 12.0. The van der Waals surface area contributed by atoms with Crippen LogP contribution in [0.5, 0.6) is 0 Å². The predicted octanol–water partition coefficient (Wildman–Crippen LogP) is 0.843. The summed E-state index contributed by atoms with van der Waals surface area (Å²) in [6.45, 7) is -0.0721. The Hall–Kier alpha value is -1.04. The van der Waals surface area contributed by atoms with Gasteiger partial charge in [-0.2, -0.15) is 13.2 Å². The molecule has 0 fully saturated rings. The molecular formula is C7H11F3N2O. The molecule has 1 unspecified atom stereocenters. The lowest BCUT2D eigenvalue weighted by atomic mass is 10.1.